The number of hydrogen-bond acceptors (Lipinski definition) is 3. The lowest BCUT2D eigenvalue weighted by Crippen LogP contribution is -2.43. The van der Waals surface area contributed by atoms with Crippen molar-refractivity contribution in [2.45, 2.75) is 31.6 Å². The van der Waals surface area contributed by atoms with Crippen LogP contribution in [0.4, 0.5) is 10.1 Å². The van der Waals surface area contributed by atoms with Gasteiger partial charge in [0.25, 0.3) is 0 Å². The van der Waals surface area contributed by atoms with E-state index in [1.165, 1.54) is 16.4 Å². The van der Waals surface area contributed by atoms with Crippen LogP contribution in [0.25, 0.3) is 0 Å². The van der Waals surface area contributed by atoms with E-state index < -0.39 is 15.8 Å². The van der Waals surface area contributed by atoms with Gasteiger partial charge in [0.2, 0.25) is 15.9 Å². The fraction of sp³-hybridized carbons (Fsp3) is 0.381. The van der Waals surface area contributed by atoms with E-state index >= 15 is 0 Å². The number of aryl methyl sites for hydroxylation is 1. The van der Waals surface area contributed by atoms with Gasteiger partial charge in [-0.2, -0.15) is 4.31 Å². The zero-order chi connectivity index (χ0) is 20.5. The molecule has 28 heavy (non-hydrogen) atoms. The van der Waals surface area contributed by atoms with Gasteiger partial charge < -0.3 is 4.90 Å². The molecule has 1 fully saturated rings. The van der Waals surface area contributed by atoms with Crippen LogP contribution in [-0.2, 0) is 14.8 Å². The quantitative estimate of drug-likeness (QED) is 0.784. The van der Waals surface area contributed by atoms with E-state index in [1.54, 1.807) is 11.9 Å². The Morgan fingerprint density at radius 2 is 1.68 bits per heavy atom. The number of rotatable bonds is 4. The summed E-state index contributed by atoms with van der Waals surface area (Å²) in [7, 11) is -1.90. The smallest absolute Gasteiger partial charge is 0.243 e. The van der Waals surface area contributed by atoms with E-state index in [-0.39, 0.29) is 29.8 Å². The van der Waals surface area contributed by atoms with Crippen LogP contribution in [0, 0.1) is 25.6 Å². The van der Waals surface area contributed by atoms with Crippen LogP contribution < -0.4 is 4.90 Å². The fourth-order valence-electron chi connectivity index (χ4n) is 3.59. The Bertz CT molecular complexity index is 966. The molecule has 150 valence electrons. The normalized spacial score (nSPS) is 16.1. The zero-order valence-electron chi connectivity index (χ0n) is 16.4. The minimum Gasteiger partial charge on any atom is -0.315 e. The molecule has 0 radical (unpaired) electrons. The number of amides is 1. The van der Waals surface area contributed by atoms with Crippen LogP contribution in [-0.4, -0.2) is 38.8 Å². The molecule has 1 saturated heterocycles. The number of piperidine rings is 1. The van der Waals surface area contributed by atoms with Gasteiger partial charge in [-0.1, -0.05) is 12.1 Å². The average molecular weight is 405 g/mol. The van der Waals surface area contributed by atoms with Gasteiger partial charge in [0.05, 0.1) is 4.90 Å². The van der Waals surface area contributed by atoms with Crippen molar-refractivity contribution in [2.24, 2.45) is 5.92 Å². The highest BCUT2D eigenvalue weighted by Crippen LogP contribution is 2.28. The summed E-state index contributed by atoms with van der Waals surface area (Å²) < 4.78 is 39.9. The molecule has 3 rings (SSSR count). The summed E-state index contributed by atoms with van der Waals surface area (Å²) in [5.41, 5.74) is 3.07. The lowest BCUT2D eigenvalue weighted by atomic mass is 9.96. The molecular weight excluding hydrogens is 379 g/mol. The minimum atomic E-state index is -3.67. The third-order valence-corrected chi connectivity index (χ3v) is 7.44. The van der Waals surface area contributed by atoms with Crippen molar-refractivity contribution in [3.63, 3.8) is 0 Å². The molecule has 1 amide bonds. The van der Waals surface area contributed by atoms with Gasteiger partial charge in [0, 0.05) is 31.7 Å². The van der Waals surface area contributed by atoms with Crippen LogP contribution >= 0.6 is 0 Å². The lowest BCUT2D eigenvalue weighted by Gasteiger charge is -2.33. The maximum atomic E-state index is 13.1. The van der Waals surface area contributed by atoms with E-state index in [9.17, 15) is 17.6 Å². The summed E-state index contributed by atoms with van der Waals surface area (Å²) in [6.07, 6.45) is 0.933. The molecule has 7 heteroatoms. The number of halogens is 1. The largest absolute Gasteiger partial charge is 0.315 e. The monoisotopic (exact) mass is 404 g/mol. The molecule has 5 nitrogen and oxygen atoms in total. The summed E-state index contributed by atoms with van der Waals surface area (Å²) >= 11 is 0. The minimum absolute atomic E-state index is 0.00697. The van der Waals surface area contributed by atoms with Crippen LogP contribution in [0.15, 0.2) is 47.4 Å². The maximum absolute atomic E-state index is 13.1. The number of sulfonamides is 1. The molecule has 0 saturated carbocycles. The van der Waals surface area contributed by atoms with Crippen LogP contribution in [0.1, 0.15) is 24.0 Å². The molecule has 1 aliphatic heterocycles. The maximum Gasteiger partial charge on any atom is 0.243 e. The van der Waals surface area contributed by atoms with Crippen LogP contribution in [0.5, 0.6) is 0 Å². The molecule has 0 N–H and O–H groups in total. The highest BCUT2D eigenvalue weighted by molar-refractivity contribution is 7.89. The van der Waals surface area contributed by atoms with Crippen molar-refractivity contribution in [3.05, 3.63) is 59.4 Å². The molecule has 1 heterocycles. The number of nitrogens with zero attached hydrogens (tertiary/aromatic N) is 2. The molecule has 0 atom stereocenters. The number of benzene rings is 2. The zero-order valence-corrected chi connectivity index (χ0v) is 17.2. The van der Waals surface area contributed by atoms with Gasteiger partial charge in [-0.25, -0.2) is 12.8 Å². The van der Waals surface area contributed by atoms with E-state index in [2.05, 4.69) is 0 Å². The summed E-state index contributed by atoms with van der Waals surface area (Å²) in [5, 5.41) is 0. The molecular formula is C21H25FN2O3S. The van der Waals surface area contributed by atoms with Crippen molar-refractivity contribution in [2.75, 3.05) is 25.0 Å². The molecule has 1 aliphatic rings. The predicted octanol–water partition coefficient (Wildman–Crippen LogP) is 3.51. The Hall–Kier alpha value is -2.25. The Balaban J connectivity index is 1.68. The highest BCUT2D eigenvalue weighted by Gasteiger charge is 2.33. The van der Waals surface area contributed by atoms with Crippen molar-refractivity contribution in [1.29, 1.82) is 0 Å². The summed E-state index contributed by atoms with van der Waals surface area (Å²) in [6.45, 7) is 4.55. The molecule has 0 spiro atoms. The van der Waals surface area contributed by atoms with Gasteiger partial charge in [0.1, 0.15) is 5.82 Å². The molecule has 0 bridgehead atoms. The third-order valence-electron chi connectivity index (χ3n) is 5.52. The fourth-order valence-corrected chi connectivity index (χ4v) is 5.06. The molecule has 2 aromatic rings. The van der Waals surface area contributed by atoms with Gasteiger partial charge in [-0.15, -0.1) is 0 Å². The van der Waals surface area contributed by atoms with Crippen molar-refractivity contribution >= 4 is 21.6 Å². The van der Waals surface area contributed by atoms with Gasteiger partial charge >= 0.3 is 0 Å². The average Bonchev–Trinajstić information content (AvgIpc) is 2.69. The highest BCUT2D eigenvalue weighted by atomic mass is 32.2. The molecule has 0 unspecified atom stereocenters. The van der Waals surface area contributed by atoms with Gasteiger partial charge in [-0.05, 0) is 68.1 Å². The first-order chi connectivity index (χ1) is 13.2. The first-order valence-electron chi connectivity index (χ1n) is 9.31. The topological polar surface area (TPSA) is 57.7 Å². The number of carbonyl (C=O) groups is 1. The Morgan fingerprint density at radius 3 is 2.29 bits per heavy atom. The first kappa shape index (κ1) is 20.5. The number of anilines is 1. The molecule has 2 aromatic carbocycles. The van der Waals surface area contributed by atoms with E-state index in [4.69, 9.17) is 0 Å². The van der Waals surface area contributed by atoms with Crippen molar-refractivity contribution < 1.29 is 17.6 Å². The third kappa shape index (κ3) is 3.95. The Kier molecular flexibility index (Phi) is 5.86. The lowest BCUT2D eigenvalue weighted by molar-refractivity contribution is -0.123. The number of hydrogen-bond donors (Lipinski definition) is 0. The van der Waals surface area contributed by atoms with Gasteiger partial charge in [0.15, 0.2) is 0 Å². The van der Waals surface area contributed by atoms with Crippen molar-refractivity contribution in [1.82, 2.24) is 4.31 Å². The second kappa shape index (κ2) is 8.01. The van der Waals surface area contributed by atoms with Gasteiger partial charge in [-0.3, -0.25) is 4.79 Å². The second-order valence-corrected chi connectivity index (χ2v) is 9.19. The van der Waals surface area contributed by atoms with Crippen LogP contribution in [0.2, 0.25) is 0 Å². The SMILES string of the molecule is Cc1cccc(N(C)C(=O)C2CCN(S(=O)(=O)c3ccc(F)cc3)CC2)c1C. The Labute approximate surface area is 165 Å². The van der Waals surface area contributed by atoms with Crippen LogP contribution in [0.3, 0.4) is 0 Å². The van der Waals surface area contributed by atoms with E-state index in [1.807, 2.05) is 32.0 Å². The summed E-state index contributed by atoms with van der Waals surface area (Å²) in [4.78, 5) is 14.7. The second-order valence-electron chi connectivity index (χ2n) is 7.25. The van der Waals surface area contributed by atoms with E-state index in [0.717, 1.165) is 28.9 Å². The summed E-state index contributed by atoms with van der Waals surface area (Å²) in [6, 6.07) is 10.7. The first-order valence-corrected chi connectivity index (χ1v) is 10.8. The van der Waals surface area contributed by atoms with Crippen molar-refractivity contribution in [3.8, 4) is 0 Å². The predicted molar refractivity (Wildman–Crippen MR) is 107 cm³/mol. The number of carbonyl (C=O) groups excluding carboxylic acids is 1. The summed E-state index contributed by atoms with van der Waals surface area (Å²) in [5.74, 6) is -0.685. The Morgan fingerprint density at radius 1 is 1.07 bits per heavy atom. The molecule has 0 aromatic heterocycles. The standard InChI is InChI=1S/C21H25FN2O3S/c1-15-5-4-6-20(16(15)2)23(3)21(25)17-11-13-24(14-12-17)28(26,27)19-9-7-18(22)8-10-19/h4-10,17H,11-14H2,1-3H3. The molecule has 0 aliphatic carbocycles. The van der Waals surface area contributed by atoms with E-state index in [0.29, 0.717) is 12.8 Å².